The van der Waals surface area contributed by atoms with Crippen molar-refractivity contribution in [1.82, 2.24) is 0 Å². The number of carboxylic acid groups (broad SMARTS) is 1. The number of carbonyl (C=O) groups is 3. The number of hydrogen-bond donors (Lipinski definition) is 3. The summed E-state index contributed by atoms with van der Waals surface area (Å²) in [6.07, 6.45) is 6.62. The zero-order chi connectivity index (χ0) is 29.7. The van der Waals surface area contributed by atoms with Gasteiger partial charge in [-0.15, -0.1) is 0 Å². The third kappa shape index (κ3) is 5.25. The Morgan fingerprint density at radius 1 is 1.05 bits per heavy atom. The summed E-state index contributed by atoms with van der Waals surface area (Å²) in [6, 6.07) is 12.6. The number of anilines is 3. The number of carbonyl (C=O) groups excluding carboxylic acids is 2. The molecule has 0 spiro atoms. The molecule has 11 heteroatoms. The standard InChI is InChI=1S/C31H28N2O7S.Na/c1-3-31(30(36)37)13-7-6-8-19(31)14-18-12-11-17(2)22(15-18)33-23-16-24(41(38,39)40)27(32)26-25(23)28(34)20-9-4-5-10-21(20)29(26)35;/h4-12,15-16,33H,3,13-14,32H2,1-2H3,(H,36,37)(H,38,39,40);/q;+1/p-1. The van der Waals surface area contributed by atoms with Gasteiger partial charge in [-0.2, -0.15) is 0 Å². The van der Waals surface area contributed by atoms with Gasteiger partial charge in [-0.25, -0.2) is 8.42 Å². The number of allylic oxidation sites excluding steroid dienone is 3. The Morgan fingerprint density at radius 2 is 1.69 bits per heavy atom. The molecule has 0 amide bonds. The fourth-order valence-electron chi connectivity index (χ4n) is 5.60. The molecule has 0 heterocycles. The number of nitrogens with one attached hydrogen (secondary N) is 1. The van der Waals surface area contributed by atoms with Crippen molar-refractivity contribution >= 4 is 44.7 Å². The second-order valence-corrected chi connectivity index (χ2v) is 11.6. The minimum absolute atomic E-state index is 0. The van der Waals surface area contributed by atoms with Crippen LogP contribution in [0.4, 0.5) is 17.1 Å². The molecule has 0 bridgehead atoms. The van der Waals surface area contributed by atoms with E-state index in [1.54, 1.807) is 25.1 Å². The van der Waals surface area contributed by atoms with Gasteiger partial charge >= 0.3 is 35.5 Å². The minimum Gasteiger partial charge on any atom is -0.744 e. The van der Waals surface area contributed by atoms with E-state index in [1.807, 2.05) is 37.3 Å². The summed E-state index contributed by atoms with van der Waals surface area (Å²) in [5, 5.41) is 13.1. The number of hydrogen-bond acceptors (Lipinski definition) is 8. The first-order chi connectivity index (χ1) is 19.4. The molecule has 3 aromatic carbocycles. The van der Waals surface area contributed by atoms with Crippen molar-refractivity contribution in [2.24, 2.45) is 5.41 Å². The van der Waals surface area contributed by atoms with Gasteiger partial charge in [0.25, 0.3) is 0 Å². The number of nitrogen functional groups attached to an aromatic ring is 1. The van der Waals surface area contributed by atoms with Crippen LogP contribution in [-0.4, -0.2) is 35.6 Å². The van der Waals surface area contributed by atoms with Gasteiger partial charge in [-0.1, -0.05) is 61.5 Å². The second-order valence-electron chi connectivity index (χ2n) is 10.3. The average Bonchev–Trinajstić information content (AvgIpc) is 2.93. The fourth-order valence-corrected chi connectivity index (χ4v) is 6.23. The molecule has 3 aromatic rings. The number of aryl methyl sites for hydroxylation is 1. The van der Waals surface area contributed by atoms with E-state index in [0.29, 0.717) is 24.9 Å². The summed E-state index contributed by atoms with van der Waals surface area (Å²) in [6.45, 7) is 3.63. The molecule has 0 aliphatic heterocycles. The van der Waals surface area contributed by atoms with E-state index in [1.165, 1.54) is 12.1 Å². The SMILES string of the molecule is CCC1(C(=O)O)CC=CC=C1Cc1ccc(C)c(Nc2cc(S(=O)(=O)[O-])c(N)c3c2C(=O)c2ccccc2C3=O)c1.[Na+]. The fraction of sp³-hybridized carbons (Fsp3) is 0.194. The van der Waals surface area contributed by atoms with Crippen molar-refractivity contribution in [3.63, 3.8) is 0 Å². The van der Waals surface area contributed by atoms with Gasteiger partial charge in [-0.05, 0) is 55.0 Å². The molecule has 0 saturated heterocycles. The van der Waals surface area contributed by atoms with Crippen LogP contribution < -0.4 is 40.6 Å². The van der Waals surface area contributed by atoms with Gasteiger partial charge in [0.15, 0.2) is 11.6 Å². The van der Waals surface area contributed by atoms with Gasteiger partial charge in [0.2, 0.25) is 0 Å². The largest absolute Gasteiger partial charge is 1.00 e. The predicted molar refractivity (Wildman–Crippen MR) is 152 cm³/mol. The number of rotatable bonds is 7. The number of ketones is 2. The molecule has 1 unspecified atom stereocenters. The van der Waals surface area contributed by atoms with Crippen LogP contribution in [0.2, 0.25) is 0 Å². The minimum atomic E-state index is -5.11. The molecule has 210 valence electrons. The second kappa shape index (κ2) is 11.6. The van der Waals surface area contributed by atoms with E-state index in [2.05, 4.69) is 5.32 Å². The third-order valence-electron chi connectivity index (χ3n) is 7.96. The van der Waals surface area contributed by atoms with Crippen LogP contribution in [0.5, 0.6) is 0 Å². The molecular weight excluding hydrogens is 567 g/mol. The molecule has 2 aliphatic rings. The zero-order valence-corrected chi connectivity index (χ0v) is 26.2. The van der Waals surface area contributed by atoms with E-state index in [9.17, 15) is 32.5 Å². The van der Waals surface area contributed by atoms with E-state index in [4.69, 9.17) is 5.73 Å². The number of benzene rings is 3. The van der Waals surface area contributed by atoms with Crippen molar-refractivity contribution in [3.05, 3.63) is 106 Å². The van der Waals surface area contributed by atoms with Crippen LogP contribution in [0.3, 0.4) is 0 Å². The van der Waals surface area contributed by atoms with Gasteiger partial charge < -0.3 is 20.7 Å². The van der Waals surface area contributed by atoms with E-state index < -0.39 is 43.7 Å². The van der Waals surface area contributed by atoms with Crippen molar-refractivity contribution < 1.29 is 62.0 Å². The zero-order valence-electron chi connectivity index (χ0n) is 23.4. The van der Waals surface area contributed by atoms with Crippen LogP contribution >= 0.6 is 0 Å². The summed E-state index contributed by atoms with van der Waals surface area (Å²) < 4.78 is 36.4. The molecule has 5 rings (SSSR count). The summed E-state index contributed by atoms with van der Waals surface area (Å²) in [4.78, 5) is 38.5. The maximum atomic E-state index is 13.6. The molecule has 0 radical (unpaired) electrons. The monoisotopic (exact) mass is 594 g/mol. The van der Waals surface area contributed by atoms with Crippen molar-refractivity contribution in [2.75, 3.05) is 11.1 Å². The van der Waals surface area contributed by atoms with E-state index in [-0.39, 0.29) is 57.5 Å². The maximum absolute atomic E-state index is 13.6. The van der Waals surface area contributed by atoms with Crippen molar-refractivity contribution in [1.29, 1.82) is 0 Å². The van der Waals surface area contributed by atoms with Gasteiger partial charge in [0, 0.05) is 16.8 Å². The summed E-state index contributed by atoms with van der Waals surface area (Å²) in [7, 11) is -5.11. The van der Waals surface area contributed by atoms with Crippen LogP contribution in [0.15, 0.2) is 77.2 Å². The smallest absolute Gasteiger partial charge is 0.744 e. The normalized spacial score (nSPS) is 17.5. The van der Waals surface area contributed by atoms with Gasteiger partial charge in [0.1, 0.15) is 10.1 Å². The number of nitrogens with two attached hydrogens (primary N) is 1. The topological polar surface area (TPSA) is 167 Å². The molecule has 0 aromatic heterocycles. The van der Waals surface area contributed by atoms with Crippen molar-refractivity contribution in [2.45, 2.75) is 38.0 Å². The van der Waals surface area contributed by atoms with Crippen LogP contribution in [-0.2, 0) is 21.3 Å². The van der Waals surface area contributed by atoms with Crippen LogP contribution in [0.1, 0.15) is 62.7 Å². The Balaban J connectivity index is 0.00000405. The first kappa shape index (κ1) is 31.4. The molecular formula is C31H27N2NaO7S. The molecule has 2 aliphatic carbocycles. The van der Waals surface area contributed by atoms with Crippen LogP contribution in [0, 0.1) is 12.3 Å². The molecule has 4 N–H and O–H groups in total. The maximum Gasteiger partial charge on any atom is 1.00 e. The Hall–Kier alpha value is -3.54. The van der Waals surface area contributed by atoms with E-state index in [0.717, 1.165) is 22.8 Å². The Labute approximate surface area is 265 Å². The molecule has 0 fully saturated rings. The molecule has 0 saturated carbocycles. The van der Waals surface area contributed by atoms with E-state index >= 15 is 0 Å². The number of fused-ring (bicyclic) bond motifs is 2. The summed E-state index contributed by atoms with van der Waals surface area (Å²) in [5.41, 5.74) is 6.85. The Morgan fingerprint density at radius 3 is 2.29 bits per heavy atom. The Bertz CT molecular complexity index is 1830. The van der Waals surface area contributed by atoms with Crippen LogP contribution in [0.25, 0.3) is 0 Å². The average molecular weight is 595 g/mol. The first-order valence-corrected chi connectivity index (χ1v) is 14.4. The summed E-state index contributed by atoms with van der Waals surface area (Å²) >= 11 is 0. The predicted octanol–water partition coefficient (Wildman–Crippen LogP) is 1.91. The molecule has 9 nitrogen and oxygen atoms in total. The Kier molecular flexibility index (Phi) is 8.69. The van der Waals surface area contributed by atoms with Gasteiger partial charge in [-0.3, -0.25) is 14.4 Å². The van der Waals surface area contributed by atoms with Crippen molar-refractivity contribution in [3.8, 4) is 0 Å². The number of carboxylic acids is 1. The summed E-state index contributed by atoms with van der Waals surface area (Å²) in [5.74, 6) is -2.10. The molecule has 1 atom stereocenters. The third-order valence-corrected chi connectivity index (χ3v) is 8.84. The number of aliphatic carboxylic acids is 1. The van der Waals surface area contributed by atoms with Gasteiger partial charge in [0.05, 0.1) is 32.8 Å². The first-order valence-electron chi connectivity index (χ1n) is 13.0. The quantitative estimate of drug-likeness (QED) is 0.165. The molecule has 42 heavy (non-hydrogen) atoms.